The molecule has 4 nitrogen and oxygen atoms in total. The molecule has 4 heteroatoms. The topological polar surface area (TPSA) is 45.7 Å². The molecule has 18 heavy (non-hydrogen) atoms. The molecule has 0 spiro atoms. The van der Waals surface area contributed by atoms with Crippen molar-refractivity contribution in [1.82, 2.24) is 0 Å². The summed E-state index contributed by atoms with van der Waals surface area (Å²) in [6, 6.07) is 11.7. The second-order valence-electron chi connectivity index (χ2n) is 3.90. The number of aromatic nitrogens is 1. The molecule has 1 heterocycles. The van der Waals surface area contributed by atoms with Crippen molar-refractivity contribution in [3.63, 3.8) is 0 Å². The monoisotopic (exact) mass is 243 g/mol. The first-order valence-electron chi connectivity index (χ1n) is 5.56. The Kier molecular flexibility index (Phi) is 3.57. The summed E-state index contributed by atoms with van der Waals surface area (Å²) in [5, 5.41) is 11.7. The summed E-state index contributed by atoms with van der Waals surface area (Å²) in [5.41, 5.74) is 2.83. The van der Waals surface area contributed by atoms with Crippen LogP contribution in [0, 0.1) is 0 Å². The van der Waals surface area contributed by atoms with Crippen LogP contribution in [0.2, 0.25) is 0 Å². The van der Waals surface area contributed by atoms with Crippen LogP contribution >= 0.6 is 0 Å². The van der Waals surface area contributed by atoms with E-state index in [1.165, 1.54) is 6.21 Å². The summed E-state index contributed by atoms with van der Waals surface area (Å²) in [4.78, 5) is 0. The largest absolute Gasteiger partial charge is 0.496 e. The summed E-state index contributed by atoms with van der Waals surface area (Å²) in [6.45, 7) is 0. The van der Waals surface area contributed by atoms with Crippen molar-refractivity contribution in [1.29, 1.82) is 0 Å². The third-order valence-corrected chi connectivity index (χ3v) is 2.80. The lowest BCUT2D eigenvalue weighted by Crippen LogP contribution is -2.32. The number of pyridine rings is 1. The van der Waals surface area contributed by atoms with Gasteiger partial charge in [0.25, 0.3) is 0 Å². The summed E-state index contributed by atoms with van der Waals surface area (Å²) in [6.07, 6.45) is 3.32. The highest BCUT2D eigenvalue weighted by molar-refractivity contribution is 5.79. The Morgan fingerprint density at radius 3 is 2.78 bits per heavy atom. The fraction of sp³-hybridized carbons (Fsp3) is 0.143. The van der Waals surface area contributed by atoms with Crippen molar-refractivity contribution in [2.45, 2.75) is 0 Å². The van der Waals surface area contributed by atoms with Crippen LogP contribution in [0.3, 0.4) is 0 Å². The molecule has 0 amide bonds. The Balaban J connectivity index is 2.54. The summed E-state index contributed by atoms with van der Waals surface area (Å²) in [7, 11) is 3.54. The fourth-order valence-corrected chi connectivity index (χ4v) is 1.83. The highest BCUT2D eigenvalue weighted by Gasteiger charge is 2.10. The van der Waals surface area contributed by atoms with E-state index in [2.05, 4.69) is 5.16 Å². The minimum absolute atomic E-state index is 0.806. The third kappa shape index (κ3) is 2.32. The first-order valence-corrected chi connectivity index (χ1v) is 5.56. The van der Waals surface area contributed by atoms with Crippen LogP contribution < -0.4 is 9.30 Å². The smallest absolute Gasteiger partial charge is 0.227 e. The van der Waals surface area contributed by atoms with Gasteiger partial charge in [0.15, 0.2) is 6.20 Å². The second-order valence-corrected chi connectivity index (χ2v) is 3.90. The van der Waals surface area contributed by atoms with E-state index < -0.39 is 0 Å². The van der Waals surface area contributed by atoms with Gasteiger partial charge in [-0.2, -0.15) is 0 Å². The third-order valence-electron chi connectivity index (χ3n) is 2.80. The molecule has 2 aromatic rings. The predicted molar refractivity (Wildman–Crippen MR) is 69.0 cm³/mol. The number of hydrogen-bond donors (Lipinski definition) is 1. The van der Waals surface area contributed by atoms with Gasteiger partial charge in [0.1, 0.15) is 19.0 Å². The van der Waals surface area contributed by atoms with E-state index in [-0.39, 0.29) is 0 Å². The molecular formula is C14H15N2O2+. The van der Waals surface area contributed by atoms with Gasteiger partial charge >= 0.3 is 0 Å². The molecule has 0 radical (unpaired) electrons. The SMILES string of the molecule is COc1ccccc1-c1cc[n+](C)c(/C=N/O)c1. The van der Waals surface area contributed by atoms with E-state index in [0.29, 0.717) is 0 Å². The van der Waals surface area contributed by atoms with Gasteiger partial charge in [0.2, 0.25) is 5.69 Å². The highest BCUT2D eigenvalue weighted by atomic mass is 16.5. The zero-order chi connectivity index (χ0) is 13.0. The lowest BCUT2D eigenvalue weighted by Gasteiger charge is -2.07. The van der Waals surface area contributed by atoms with E-state index in [0.717, 1.165) is 22.6 Å². The Morgan fingerprint density at radius 1 is 1.28 bits per heavy atom. The van der Waals surface area contributed by atoms with Crippen LogP contribution in [-0.4, -0.2) is 18.5 Å². The maximum Gasteiger partial charge on any atom is 0.227 e. The van der Waals surface area contributed by atoms with E-state index >= 15 is 0 Å². The van der Waals surface area contributed by atoms with Crippen molar-refractivity contribution < 1.29 is 14.5 Å². The van der Waals surface area contributed by atoms with Crippen molar-refractivity contribution in [3.05, 3.63) is 48.3 Å². The van der Waals surface area contributed by atoms with Crippen molar-refractivity contribution in [2.75, 3.05) is 7.11 Å². The molecule has 0 aliphatic rings. The van der Waals surface area contributed by atoms with Gasteiger partial charge in [-0.25, -0.2) is 4.57 Å². The Hall–Kier alpha value is -2.36. The van der Waals surface area contributed by atoms with E-state index in [1.54, 1.807) is 7.11 Å². The summed E-state index contributed by atoms with van der Waals surface area (Å²) in [5.74, 6) is 0.818. The first kappa shape index (κ1) is 12.1. The number of nitrogens with zero attached hydrogens (tertiary/aromatic N) is 2. The maximum atomic E-state index is 8.64. The van der Waals surface area contributed by atoms with Gasteiger partial charge in [-0.05, 0) is 11.6 Å². The molecule has 92 valence electrons. The molecule has 0 aliphatic heterocycles. The predicted octanol–water partition coefficient (Wildman–Crippen LogP) is 1.99. The molecule has 0 aliphatic carbocycles. The normalized spacial score (nSPS) is 10.8. The van der Waals surface area contributed by atoms with Gasteiger partial charge in [0, 0.05) is 17.7 Å². The fourth-order valence-electron chi connectivity index (χ4n) is 1.83. The van der Waals surface area contributed by atoms with Crippen LogP contribution in [0.1, 0.15) is 5.69 Å². The number of aryl methyl sites for hydroxylation is 1. The molecule has 0 bridgehead atoms. The number of methoxy groups -OCH3 is 1. The van der Waals surface area contributed by atoms with Crippen LogP contribution in [0.4, 0.5) is 0 Å². The van der Waals surface area contributed by atoms with Crippen LogP contribution in [0.15, 0.2) is 47.8 Å². The number of rotatable bonds is 3. The van der Waals surface area contributed by atoms with Crippen molar-refractivity contribution >= 4 is 6.21 Å². The standard InChI is InChI=1S/C14H14N2O2/c1-16-8-7-11(9-12(16)10-15-17)13-5-3-4-6-14(13)18-2/h3-10H,1-2H3/p+1. The molecule has 0 atom stereocenters. The lowest BCUT2D eigenvalue weighted by atomic mass is 10.0. The molecule has 0 saturated heterocycles. The average Bonchev–Trinajstić information content (AvgIpc) is 2.41. The molecule has 0 unspecified atom stereocenters. The zero-order valence-electron chi connectivity index (χ0n) is 10.4. The van der Waals surface area contributed by atoms with Gasteiger partial charge in [0.05, 0.1) is 7.11 Å². The van der Waals surface area contributed by atoms with Gasteiger partial charge in [-0.1, -0.05) is 23.4 Å². The van der Waals surface area contributed by atoms with Crippen LogP contribution in [-0.2, 0) is 7.05 Å². The van der Waals surface area contributed by atoms with E-state index in [9.17, 15) is 0 Å². The Bertz CT molecular complexity index is 580. The number of ether oxygens (including phenoxy) is 1. The quantitative estimate of drug-likeness (QED) is 0.388. The summed E-state index contributed by atoms with van der Waals surface area (Å²) < 4.78 is 7.21. The minimum atomic E-state index is 0.806. The number of hydrogen-bond acceptors (Lipinski definition) is 3. The minimum Gasteiger partial charge on any atom is -0.496 e. The molecule has 0 fully saturated rings. The average molecular weight is 243 g/mol. The molecule has 1 N–H and O–H groups in total. The van der Waals surface area contributed by atoms with Crippen LogP contribution in [0.5, 0.6) is 5.75 Å². The molecule has 1 aromatic carbocycles. The van der Waals surface area contributed by atoms with E-state index in [1.807, 2.05) is 54.2 Å². The Labute approximate surface area is 106 Å². The second kappa shape index (κ2) is 5.31. The molecular weight excluding hydrogens is 228 g/mol. The molecule has 1 aromatic heterocycles. The van der Waals surface area contributed by atoms with Gasteiger partial charge in [-0.3, -0.25) is 0 Å². The zero-order valence-corrected chi connectivity index (χ0v) is 10.4. The molecule has 2 rings (SSSR count). The first-order chi connectivity index (χ1) is 8.76. The number of oxime groups is 1. The van der Waals surface area contributed by atoms with E-state index in [4.69, 9.17) is 9.94 Å². The maximum absolute atomic E-state index is 8.64. The molecule has 0 saturated carbocycles. The van der Waals surface area contributed by atoms with Crippen molar-refractivity contribution in [2.24, 2.45) is 12.2 Å². The van der Waals surface area contributed by atoms with Crippen molar-refractivity contribution in [3.8, 4) is 16.9 Å². The highest BCUT2D eigenvalue weighted by Crippen LogP contribution is 2.28. The summed E-state index contributed by atoms with van der Waals surface area (Å²) >= 11 is 0. The van der Waals surface area contributed by atoms with Gasteiger partial charge < -0.3 is 9.94 Å². The van der Waals surface area contributed by atoms with Crippen LogP contribution in [0.25, 0.3) is 11.1 Å². The van der Waals surface area contributed by atoms with Gasteiger partial charge in [-0.15, -0.1) is 0 Å². The number of benzene rings is 1. The number of para-hydroxylation sites is 1. The lowest BCUT2D eigenvalue weighted by molar-refractivity contribution is -0.672. The Morgan fingerprint density at radius 2 is 2.06 bits per heavy atom.